The number of halogens is 1. The molecule has 124 valence electrons. The van der Waals surface area contributed by atoms with Gasteiger partial charge in [0, 0.05) is 28.5 Å². The molecular weight excluding hydrogens is 328 g/mol. The van der Waals surface area contributed by atoms with Gasteiger partial charge in [0.1, 0.15) is 19.0 Å². The van der Waals surface area contributed by atoms with Crippen LogP contribution in [-0.4, -0.2) is 30.8 Å². The van der Waals surface area contributed by atoms with Crippen LogP contribution in [0.15, 0.2) is 48.0 Å². The summed E-state index contributed by atoms with van der Waals surface area (Å²) in [5.74, 6) is 0.390. The summed E-state index contributed by atoms with van der Waals surface area (Å²) < 4.78 is 5.72. The molecule has 1 aliphatic rings. The molecule has 3 rings (SSSR count). The lowest BCUT2D eigenvalue weighted by atomic mass is 10.1. The fourth-order valence-electron chi connectivity index (χ4n) is 2.42. The van der Waals surface area contributed by atoms with Gasteiger partial charge < -0.3 is 20.5 Å². The number of hydrogen-bond acceptors (Lipinski definition) is 4. The van der Waals surface area contributed by atoms with Crippen molar-refractivity contribution in [1.82, 2.24) is 0 Å². The van der Waals surface area contributed by atoms with Crippen molar-refractivity contribution >= 4 is 35.0 Å². The van der Waals surface area contributed by atoms with E-state index in [4.69, 9.17) is 21.4 Å². The van der Waals surface area contributed by atoms with Crippen LogP contribution in [-0.2, 0) is 4.79 Å². The molecule has 1 heterocycles. The van der Waals surface area contributed by atoms with E-state index in [-0.39, 0.29) is 0 Å². The summed E-state index contributed by atoms with van der Waals surface area (Å²) >= 11 is 6.02. The molecule has 5 nitrogen and oxygen atoms in total. The van der Waals surface area contributed by atoms with Gasteiger partial charge in [0.25, 0.3) is 0 Å². The third-order valence-corrected chi connectivity index (χ3v) is 3.79. The van der Waals surface area contributed by atoms with Crippen LogP contribution in [0.4, 0.5) is 11.4 Å². The van der Waals surface area contributed by atoms with Gasteiger partial charge in [0.2, 0.25) is 5.91 Å². The van der Waals surface area contributed by atoms with Gasteiger partial charge in [-0.1, -0.05) is 17.7 Å². The molecule has 1 amide bonds. The number of hydrogen-bond donors (Lipinski definition) is 3. The molecule has 0 radical (unpaired) electrons. The molecule has 2 aromatic rings. The maximum absolute atomic E-state index is 11.2. The number of nitrogens with one attached hydrogen (secondary N) is 2. The Bertz CT molecular complexity index is 790. The molecule has 0 spiro atoms. The highest BCUT2D eigenvalue weighted by molar-refractivity contribution is 6.30. The van der Waals surface area contributed by atoms with E-state index in [1.807, 2.05) is 36.4 Å². The average Bonchev–Trinajstić information content (AvgIpc) is 2.59. The van der Waals surface area contributed by atoms with Gasteiger partial charge in [0.15, 0.2) is 0 Å². The van der Waals surface area contributed by atoms with Crippen molar-refractivity contribution in [3.8, 4) is 5.75 Å². The van der Waals surface area contributed by atoms with Crippen molar-refractivity contribution in [2.24, 2.45) is 0 Å². The van der Waals surface area contributed by atoms with E-state index in [0.717, 1.165) is 22.6 Å². The minimum Gasteiger partial charge on any atom is -0.489 e. The normalized spacial score (nSPS) is 12.7. The number of aliphatic hydroxyl groups excluding tert-OH is 1. The molecule has 24 heavy (non-hydrogen) atoms. The van der Waals surface area contributed by atoms with Gasteiger partial charge in [-0.15, -0.1) is 0 Å². The van der Waals surface area contributed by atoms with Crippen molar-refractivity contribution in [2.45, 2.75) is 0 Å². The van der Waals surface area contributed by atoms with E-state index in [9.17, 15) is 4.79 Å². The highest BCUT2D eigenvalue weighted by Crippen LogP contribution is 2.29. The van der Waals surface area contributed by atoms with Crippen molar-refractivity contribution < 1.29 is 14.6 Å². The molecule has 3 N–H and O–H groups in total. The van der Waals surface area contributed by atoms with Crippen LogP contribution in [0, 0.1) is 0 Å². The van der Waals surface area contributed by atoms with E-state index >= 15 is 0 Å². The zero-order chi connectivity index (χ0) is 16.9. The Morgan fingerprint density at radius 2 is 2.04 bits per heavy atom. The Morgan fingerprint density at radius 1 is 1.21 bits per heavy atom. The van der Waals surface area contributed by atoms with Crippen LogP contribution in [0.25, 0.3) is 6.08 Å². The summed E-state index contributed by atoms with van der Waals surface area (Å²) in [7, 11) is 0. The number of benzene rings is 2. The third kappa shape index (κ3) is 4.07. The predicted molar refractivity (Wildman–Crippen MR) is 95.6 cm³/mol. The van der Waals surface area contributed by atoms with E-state index < -0.39 is 12.5 Å². The Balaban J connectivity index is 1.66. The second-order valence-electron chi connectivity index (χ2n) is 5.41. The second-order valence-corrected chi connectivity index (χ2v) is 5.85. The van der Waals surface area contributed by atoms with Gasteiger partial charge in [0.05, 0.1) is 0 Å². The van der Waals surface area contributed by atoms with Crippen molar-refractivity contribution in [1.29, 1.82) is 0 Å². The van der Waals surface area contributed by atoms with E-state index in [2.05, 4.69) is 16.7 Å². The first-order valence-corrected chi connectivity index (χ1v) is 7.88. The monoisotopic (exact) mass is 344 g/mol. The lowest BCUT2D eigenvalue weighted by molar-refractivity contribution is -0.118. The minimum atomic E-state index is -0.538. The minimum absolute atomic E-state index is 0.441. The first-order valence-electron chi connectivity index (χ1n) is 7.50. The number of ether oxygens (including phenoxy) is 1. The summed E-state index contributed by atoms with van der Waals surface area (Å²) in [6, 6.07) is 12.9. The second kappa shape index (κ2) is 7.38. The molecule has 6 heteroatoms. The summed E-state index contributed by atoms with van der Waals surface area (Å²) in [5.41, 5.74) is 3.55. The maximum Gasteiger partial charge on any atom is 0.250 e. The fraction of sp³-hybridized carbons (Fsp3) is 0.167. The smallest absolute Gasteiger partial charge is 0.250 e. The number of aliphatic hydroxyl groups is 1. The molecule has 0 unspecified atom stereocenters. The standard InChI is InChI=1S/C18H17ClN2O3/c19-14-4-5-17-13(7-14)6-12(11-24-17)9-20-15-2-1-3-16(8-15)21-18(23)10-22/h1-8,20,22H,9-11H2,(H,21,23). The molecule has 0 bridgehead atoms. The number of rotatable bonds is 5. The Labute approximate surface area is 144 Å². The Morgan fingerprint density at radius 3 is 2.88 bits per heavy atom. The lowest BCUT2D eigenvalue weighted by Gasteiger charge is -2.19. The number of carbonyl (C=O) groups excluding carboxylic acids is 1. The average molecular weight is 345 g/mol. The molecule has 0 fully saturated rings. The maximum atomic E-state index is 11.2. The zero-order valence-electron chi connectivity index (χ0n) is 12.9. The van der Waals surface area contributed by atoms with Crippen LogP contribution in [0.3, 0.4) is 0 Å². The van der Waals surface area contributed by atoms with Gasteiger partial charge in [-0.05, 0) is 48.0 Å². The Hall–Kier alpha value is -2.50. The van der Waals surface area contributed by atoms with Crippen molar-refractivity contribution in [3.05, 3.63) is 58.6 Å². The quantitative estimate of drug-likeness (QED) is 0.779. The van der Waals surface area contributed by atoms with Gasteiger partial charge in [-0.25, -0.2) is 0 Å². The highest BCUT2D eigenvalue weighted by Gasteiger charge is 2.11. The number of anilines is 2. The van der Waals surface area contributed by atoms with Gasteiger partial charge in [-0.2, -0.15) is 0 Å². The molecule has 0 atom stereocenters. The third-order valence-electron chi connectivity index (χ3n) is 3.55. The van der Waals surface area contributed by atoms with Gasteiger partial charge >= 0.3 is 0 Å². The van der Waals surface area contributed by atoms with E-state index in [1.165, 1.54) is 0 Å². The predicted octanol–water partition coefficient (Wildman–Crippen LogP) is 3.16. The molecular formula is C18H17ClN2O3. The van der Waals surface area contributed by atoms with Crippen molar-refractivity contribution in [2.75, 3.05) is 30.4 Å². The Kier molecular flexibility index (Phi) is 5.03. The molecule has 2 aromatic carbocycles. The van der Waals surface area contributed by atoms with E-state index in [0.29, 0.717) is 23.9 Å². The van der Waals surface area contributed by atoms with Gasteiger partial charge in [-0.3, -0.25) is 4.79 Å². The number of amides is 1. The van der Waals surface area contributed by atoms with Crippen LogP contribution in [0.5, 0.6) is 5.75 Å². The molecule has 1 aliphatic heterocycles. The topological polar surface area (TPSA) is 70.6 Å². The molecule has 0 aliphatic carbocycles. The van der Waals surface area contributed by atoms with Crippen LogP contribution in [0.1, 0.15) is 5.56 Å². The van der Waals surface area contributed by atoms with E-state index in [1.54, 1.807) is 6.07 Å². The van der Waals surface area contributed by atoms with Crippen molar-refractivity contribution in [3.63, 3.8) is 0 Å². The lowest BCUT2D eigenvalue weighted by Crippen LogP contribution is -2.16. The molecule has 0 saturated heterocycles. The molecule has 0 aromatic heterocycles. The largest absolute Gasteiger partial charge is 0.489 e. The summed E-state index contributed by atoms with van der Waals surface area (Å²) in [5, 5.41) is 15.4. The summed E-state index contributed by atoms with van der Waals surface area (Å²) in [6.07, 6.45) is 2.06. The number of carbonyl (C=O) groups is 1. The van der Waals surface area contributed by atoms with Crippen LogP contribution in [0.2, 0.25) is 5.02 Å². The fourth-order valence-corrected chi connectivity index (χ4v) is 2.60. The zero-order valence-corrected chi connectivity index (χ0v) is 13.6. The summed E-state index contributed by atoms with van der Waals surface area (Å²) in [4.78, 5) is 11.2. The van der Waals surface area contributed by atoms with Crippen LogP contribution < -0.4 is 15.4 Å². The SMILES string of the molecule is O=C(CO)Nc1cccc(NCC2=Cc3cc(Cl)ccc3OC2)c1. The van der Waals surface area contributed by atoms with Crippen LogP contribution >= 0.6 is 11.6 Å². The number of fused-ring (bicyclic) bond motifs is 1. The molecule has 0 saturated carbocycles. The first kappa shape index (κ1) is 16.4. The summed E-state index contributed by atoms with van der Waals surface area (Å²) in [6.45, 7) is 0.593. The first-order chi connectivity index (χ1) is 11.6. The highest BCUT2D eigenvalue weighted by atomic mass is 35.5.